The van der Waals surface area contributed by atoms with Gasteiger partial charge in [-0.15, -0.1) is 0 Å². The van der Waals surface area contributed by atoms with Crippen molar-refractivity contribution in [2.75, 3.05) is 13.2 Å². The van der Waals surface area contributed by atoms with E-state index >= 15 is 0 Å². The number of rotatable bonds is 5. The van der Waals surface area contributed by atoms with E-state index < -0.39 is 0 Å². The van der Waals surface area contributed by atoms with Crippen LogP contribution in [-0.4, -0.2) is 41.0 Å². The predicted octanol–water partition coefficient (Wildman–Crippen LogP) is 3.71. The number of carbonyl (C=O) groups is 2. The minimum atomic E-state index is -0.374. The first-order valence-electron chi connectivity index (χ1n) is 9.51. The molecule has 1 amide bonds. The quantitative estimate of drug-likeness (QED) is 0.831. The number of aryl methyl sites for hydroxylation is 1. The number of nitrogens with zero attached hydrogens (tertiary/aromatic N) is 1. The zero-order chi connectivity index (χ0) is 18.8. The maximum Gasteiger partial charge on any atom is 0.325 e. The van der Waals surface area contributed by atoms with Gasteiger partial charge in [0.25, 0.3) is 5.91 Å². The number of para-hydroxylation sites is 1. The number of benzene rings is 1. The van der Waals surface area contributed by atoms with E-state index in [1.165, 1.54) is 17.7 Å². The molecule has 1 aromatic heterocycles. The summed E-state index contributed by atoms with van der Waals surface area (Å²) in [5.41, 5.74) is 4.11. The second-order valence-electron chi connectivity index (χ2n) is 7.49. The Labute approximate surface area is 154 Å². The maximum absolute atomic E-state index is 13.2. The molecule has 0 saturated heterocycles. The van der Waals surface area contributed by atoms with Gasteiger partial charge in [-0.05, 0) is 57.6 Å². The molecule has 1 unspecified atom stereocenters. The van der Waals surface area contributed by atoms with Gasteiger partial charge < -0.3 is 14.6 Å². The molecule has 5 nitrogen and oxygen atoms in total. The van der Waals surface area contributed by atoms with Gasteiger partial charge in [-0.2, -0.15) is 0 Å². The molecule has 0 bridgehead atoms. The summed E-state index contributed by atoms with van der Waals surface area (Å²) in [5, 5.41) is 1.14. The minimum absolute atomic E-state index is 0.0296. The molecule has 0 aliphatic heterocycles. The summed E-state index contributed by atoms with van der Waals surface area (Å²) in [6, 6.07) is 5.78. The molecular formula is C21H28N2O3. The van der Waals surface area contributed by atoms with Crippen molar-refractivity contribution in [2.45, 2.75) is 53.0 Å². The zero-order valence-electron chi connectivity index (χ0n) is 16.1. The fraction of sp³-hybridized carbons (Fsp3) is 0.524. The largest absolute Gasteiger partial charge is 0.465 e. The van der Waals surface area contributed by atoms with Crippen LogP contribution in [0, 0.1) is 5.92 Å². The summed E-state index contributed by atoms with van der Waals surface area (Å²) in [7, 11) is 0. The number of aromatic amines is 1. The van der Waals surface area contributed by atoms with E-state index in [2.05, 4.69) is 18.0 Å². The summed E-state index contributed by atoms with van der Waals surface area (Å²) in [5.74, 6) is 0.156. The first-order valence-corrected chi connectivity index (χ1v) is 9.51. The van der Waals surface area contributed by atoms with Crippen LogP contribution in [0.25, 0.3) is 10.9 Å². The molecule has 1 aliphatic rings. The number of hydrogen-bond acceptors (Lipinski definition) is 3. The SMILES string of the molecule is CCOC(=O)CN(C(=O)c1cccc2c3c([nH]c12)CCC(C)C3)C(C)C. The van der Waals surface area contributed by atoms with Crippen LogP contribution in [0.2, 0.25) is 0 Å². The normalized spacial score (nSPS) is 16.6. The highest BCUT2D eigenvalue weighted by Gasteiger charge is 2.26. The van der Waals surface area contributed by atoms with Gasteiger partial charge in [-0.25, -0.2) is 0 Å². The van der Waals surface area contributed by atoms with Crippen molar-refractivity contribution in [1.82, 2.24) is 9.88 Å². The lowest BCUT2D eigenvalue weighted by atomic mass is 9.87. The minimum Gasteiger partial charge on any atom is -0.465 e. The molecule has 2 aromatic rings. The summed E-state index contributed by atoms with van der Waals surface area (Å²) >= 11 is 0. The Kier molecular flexibility index (Phi) is 5.35. The van der Waals surface area contributed by atoms with Gasteiger partial charge in [-0.3, -0.25) is 9.59 Å². The van der Waals surface area contributed by atoms with Crippen molar-refractivity contribution < 1.29 is 14.3 Å². The van der Waals surface area contributed by atoms with Gasteiger partial charge in [0.1, 0.15) is 6.54 Å². The number of esters is 1. The van der Waals surface area contributed by atoms with E-state index in [-0.39, 0.29) is 24.5 Å². The van der Waals surface area contributed by atoms with Gasteiger partial charge in [0.05, 0.1) is 17.7 Å². The molecule has 0 spiro atoms. The molecule has 3 rings (SSSR count). The number of ether oxygens (including phenoxy) is 1. The Bertz CT molecular complexity index is 822. The Morgan fingerprint density at radius 2 is 2.12 bits per heavy atom. The lowest BCUT2D eigenvalue weighted by Gasteiger charge is -2.26. The average molecular weight is 356 g/mol. The molecule has 26 heavy (non-hydrogen) atoms. The van der Waals surface area contributed by atoms with Gasteiger partial charge in [-0.1, -0.05) is 19.1 Å². The van der Waals surface area contributed by atoms with Gasteiger partial charge in [0.2, 0.25) is 0 Å². The molecule has 5 heteroatoms. The molecule has 1 aliphatic carbocycles. The van der Waals surface area contributed by atoms with Crippen LogP contribution in [0.1, 0.15) is 55.7 Å². The number of carbonyl (C=O) groups excluding carboxylic acids is 2. The van der Waals surface area contributed by atoms with Crippen LogP contribution < -0.4 is 0 Å². The highest BCUT2D eigenvalue weighted by molar-refractivity contribution is 6.07. The van der Waals surface area contributed by atoms with E-state index in [1.54, 1.807) is 11.8 Å². The van der Waals surface area contributed by atoms with Crippen molar-refractivity contribution in [2.24, 2.45) is 5.92 Å². The summed E-state index contributed by atoms with van der Waals surface area (Å²) in [4.78, 5) is 30.2. The number of fused-ring (bicyclic) bond motifs is 3. The second-order valence-corrected chi connectivity index (χ2v) is 7.49. The third kappa shape index (κ3) is 3.48. The number of hydrogen-bond donors (Lipinski definition) is 1. The standard InChI is InChI=1S/C21H28N2O3/c1-5-26-19(24)12-23(13(2)3)21(25)16-8-6-7-15-17-11-14(4)9-10-18(17)22-20(15)16/h6-8,13-14,22H,5,9-12H2,1-4H3. The number of nitrogens with one attached hydrogen (secondary N) is 1. The van der Waals surface area contributed by atoms with Crippen LogP contribution in [-0.2, 0) is 22.4 Å². The van der Waals surface area contributed by atoms with Crippen molar-refractivity contribution >= 4 is 22.8 Å². The lowest BCUT2D eigenvalue weighted by Crippen LogP contribution is -2.41. The Hall–Kier alpha value is -2.30. The Morgan fingerprint density at radius 1 is 1.35 bits per heavy atom. The van der Waals surface area contributed by atoms with Gasteiger partial charge in [0, 0.05) is 17.1 Å². The molecule has 1 heterocycles. The highest BCUT2D eigenvalue weighted by atomic mass is 16.5. The lowest BCUT2D eigenvalue weighted by molar-refractivity contribution is -0.144. The number of amides is 1. The molecule has 0 saturated carbocycles. The van der Waals surface area contributed by atoms with E-state index in [0.29, 0.717) is 18.1 Å². The van der Waals surface area contributed by atoms with Gasteiger partial charge >= 0.3 is 5.97 Å². The predicted molar refractivity (Wildman–Crippen MR) is 102 cm³/mol. The molecule has 1 atom stereocenters. The number of H-pyrrole nitrogens is 1. The fourth-order valence-corrected chi connectivity index (χ4v) is 3.78. The first kappa shape index (κ1) is 18.5. The molecule has 0 radical (unpaired) electrons. The topological polar surface area (TPSA) is 62.4 Å². The van der Waals surface area contributed by atoms with Crippen LogP contribution >= 0.6 is 0 Å². The van der Waals surface area contributed by atoms with Crippen LogP contribution in [0.15, 0.2) is 18.2 Å². The van der Waals surface area contributed by atoms with E-state index in [9.17, 15) is 9.59 Å². The fourth-order valence-electron chi connectivity index (χ4n) is 3.78. The second kappa shape index (κ2) is 7.52. The van der Waals surface area contributed by atoms with Crippen molar-refractivity contribution in [3.8, 4) is 0 Å². The van der Waals surface area contributed by atoms with Crippen LogP contribution in [0.4, 0.5) is 0 Å². The molecule has 1 aromatic carbocycles. The third-order valence-corrected chi connectivity index (χ3v) is 5.19. The Morgan fingerprint density at radius 3 is 2.81 bits per heavy atom. The van der Waals surface area contributed by atoms with E-state index in [1.807, 2.05) is 26.0 Å². The third-order valence-electron chi connectivity index (χ3n) is 5.19. The van der Waals surface area contributed by atoms with Crippen molar-refractivity contribution in [1.29, 1.82) is 0 Å². The zero-order valence-corrected chi connectivity index (χ0v) is 16.1. The van der Waals surface area contributed by atoms with Crippen LogP contribution in [0.3, 0.4) is 0 Å². The van der Waals surface area contributed by atoms with E-state index in [0.717, 1.165) is 23.7 Å². The average Bonchev–Trinajstić information content (AvgIpc) is 2.97. The summed E-state index contributed by atoms with van der Waals surface area (Å²) < 4.78 is 5.03. The summed E-state index contributed by atoms with van der Waals surface area (Å²) in [6.45, 7) is 8.16. The molecule has 1 N–H and O–H groups in total. The monoisotopic (exact) mass is 356 g/mol. The van der Waals surface area contributed by atoms with E-state index in [4.69, 9.17) is 4.74 Å². The van der Waals surface area contributed by atoms with Crippen LogP contribution in [0.5, 0.6) is 0 Å². The molecular weight excluding hydrogens is 328 g/mol. The highest BCUT2D eigenvalue weighted by Crippen LogP contribution is 2.33. The molecule has 0 fully saturated rings. The van der Waals surface area contributed by atoms with Crippen molar-refractivity contribution in [3.63, 3.8) is 0 Å². The van der Waals surface area contributed by atoms with Gasteiger partial charge in [0.15, 0.2) is 0 Å². The maximum atomic E-state index is 13.2. The Balaban J connectivity index is 1.98. The molecule has 140 valence electrons. The van der Waals surface area contributed by atoms with Crippen molar-refractivity contribution in [3.05, 3.63) is 35.0 Å². The number of aromatic nitrogens is 1. The summed E-state index contributed by atoms with van der Waals surface area (Å²) in [6.07, 6.45) is 3.24. The first-order chi connectivity index (χ1) is 12.4. The smallest absolute Gasteiger partial charge is 0.325 e.